The molecule has 0 aliphatic carbocycles. The maximum atomic E-state index is 12.9. The van der Waals surface area contributed by atoms with Gasteiger partial charge in [-0.05, 0) is 62.5 Å². The Morgan fingerprint density at radius 1 is 1.03 bits per heavy atom. The van der Waals surface area contributed by atoms with Crippen LogP contribution < -0.4 is 4.72 Å². The molecule has 0 saturated heterocycles. The fourth-order valence-corrected chi connectivity index (χ4v) is 5.22. The molecule has 7 nitrogen and oxygen atoms in total. The molecule has 0 saturated carbocycles. The lowest BCUT2D eigenvalue weighted by molar-refractivity contribution is 0.304. The van der Waals surface area contributed by atoms with Crippen molar-refractivity contribution in [3.8, 4) is 0 Å². The van der Waals surface area contributed by atoms with Gasteiger partial charge >= 0.3 is 0 Å². The largest absolute Gasteiger partial charge is 0.338 e. The van der Waals surface area contributed by atoms with E-state index in [1.807, 2.05) is 61.5 Å². The van der Waals surface area contributed by atoms with Crippen molar-refractivity contribution in [3.63, 3.8) is 0 Å². The van der Waals surface area contributed by atoms with Gasteiger partial charge in [-0.3, -0.25) is 0 Å². The molecule has 0 aliphatic heterocycles. The average Bonchev–Trinajstić information content (AvgIpc) is 3.30. The zero-order chi connectivity index (χ0) is 24.4. The quantitative estimate of drug-likeness (QED) is 0.367. The van der Waals surface area contributed by atoms with Gasteiger partial charge in [0.25, 0.3) is 0 Å². The number of hydrogen-bond donors (Lipinski definition) is 1. The third kappa shape index (κ3) is 8.04. The van der Waals surface area contributed by atoms with Gasteiger partial charge in [0.05, 0.1) is 5.75 Å². The van der Waals surface area contributed by atoms with Crippen molar-refractivity contribution in [2.24, 2.45) is 0 Å². The van der Waals surface area contributed by atoms with Gasteiger partial charge in [0.15, 0.2) is 5.82 Å². The maximum Gasteiger partial charge on any atom is 0.244 e. The van der Waals surface area contributed by atoms with E-state index in [-0.39, 0.29) is 5.75 Å². The molecule has 2 aromatic carbocycles. The van der Waals surface area contributed by atoms with E-state index in [9.17, 15) is 8.42 Å². The zero-order valence-corrected chi connectivity index (χ0v) is 21.2. The van der Waals surface area contributed by atoms with Gasteiger partial charge in [0.2, 0.25) is 15.9 Å². The number of benzene rings is 2. The van der Waals surface area contributed by atoms with Crippen molar-refractivity contribution in [1.82, 2.24) is 19.8 Å². The lowest BCUT2D eigenvalue weighted by Crippen LogP contribution is -2.33. The Hall–Kier alpha value is -2.55. The Morgan fingerprint density at radius 2 is 1.74 bits per heavy atom. The molecule has 3 aromatic rings. The summed E-state index contributed by atoms with van der Waals surface area (Å²) in [6, 6.07) is 17.5. The van der Waals surface area contributed by atoms with E-state index in [1.165, 1.54) is 0 Å². The van der Waals surface area contributed by atoms with Crippen LogP contribution in [0.2, 0.25) is 0 Å². The molecule has 34 heavy (non-hydrogen) atoms. The van der Waals surface area contributed by atoms with Crippen molar-refractivity contribution >= 4 is 10.0 Å². The van der Waals surface area contributed by atoms with Gasteiger partial charge in [-0.15, -0.1) is 0 Å². The standard InChI is InChI=1S/C26H36N4O3S/c1-4-30(5-2)18-11-19-34(31,32)29-24(17-16-22-13-7-6-8-14-22)26-27-25(28-33-26)20-23-15-10-9-12-21(23)3/h6-10,12-15,24,29H,4-5,11,16-20H2,1-3H3/t24-/m1/s1. The van der Waals surface area contributed by atoms with Crippen LogP contribution in [0.25, 0.3) is 0 Å². The van der Waals surface area contributed by atoms with Crippen molar-refractivity contribution in [2.75, 3.05) is 25.4 Å². The summed E-state index contributed by atoms with van der Waals surface area (Å²) >= 11 is 0. The van der Waals surface area contributed by atoms with Crippen molar-refractivity contribution < 1.29 is 12.9 Å². The van der Waals surface area contributed by atoms with Crippen LogP contribution in [0.4, 0.5) is 0 Å². The van der Waals surface area contributed by atoms with Gasteiger partial charge in [0, 0.05) is 6.42 Å². The molecule has 1 aromatic heterocycles. The summed E-state index contributed by atoms with van der Waals surface area (Å²) in [7, 11) is -3.51. The lowest BCUT2D eigenvalue weighted by atomic mass is 10.1. The molecule has 0 amide bonds. The molecule has 0 radical (unpaired) electrons. The minimum Gasteiger partial charge on any atom is -0.338 e. The smallest absolute Gasteiger partial charge is 0.244 e. The fourth-order valence-electron chi connectivity index (χ4n) is 3.94. The third-order valence-corrected chi connectivity index (χ3v) is 7.53. The number of nitrogens with one attached hydrogen (secondary N) is 1. The van der Waals surface area contributed by atoms with E-state index in [4.69, 9.17) is 4.52 Å². The molecule has 0 spiro atoms. The molecule has 1 atom stereocenters. The summed E-state index contributed by atoms with van der Waals surface area (Å²) in [5.41, 5.74) is 3.41. The molecular weight excluding hydrogens is 448 g/mol. The van der Waals surface area contributed by atoms with E-state index < -0.39 is 16.1 Å². The predicted molar refractivity (Wildman–Crippen MR) is 135 cm³/mol. The Balaban J connectivity index is 1.71. The van der Waals surface area contributed by atoms with Crippen molar-refractivity contribution in [1.29, 1.82) is 0 Å². The molecule has 184 valence electrons. The summed E-state index contributed by atoms with van der Waals surface area (Å²) in [6.45, 7) is 8.79. The van der Waals surface area contributed by atoms with Crippen LogP contribution in [0.5, 0.6) is 0 Å². The summed E-state index contributed by atoms with van der Waals surface area (Å²) in [4.78, 5) is 6.79. The molecular formula is C26H36N4O3S. The van der Waals surface area contributed by atoms with E-state index in [2.05, 4.69) is 33.6 Å². The van der Waals surface area contributed by atoms with Crippen LogP contribution in [0.1, 0.15) is 61.1 Å². The SMILES string of the molecule is CCN(CC)CCCS(=O)(=O)N[C@H](CCc1ccccc1)c1nc(Cc2ccccc2C)no1. The first-order valence-corrected chi connectivity index (χ1v) is 13.7. The fraction of sp³-hybridized carbons (Fsp3) is 0.462. The number of nitrogens with zero attached hydrogens (tertiary/aromatic N) is 3. The predicted octanol–water partition coefficient (Wildman–Crippen LogP) is 4.29. The normalized spacial score (nSPS) is 12.8. The first-order chi connectivity index (χ1) is 16.4. The summed E-state index contributed by atoms with van der Waals surface area (Å²) in [5, 5.41) is 4.14. The second kappa shape index (κ2) is 12.8. The van der Waals surface area contributed by atoms with Crippen LogP contribution in [0, 0.1) is 6.92 Å². The Kier molecular flexibility index (Phi) is 9.80. The number of rotatable bonds is 14. The first kappa shape index (κ1) is 26.1. The summed E-state index contributed by atoms with van der Waals surface area (Å²) in [6.07, 6.45) is 2.34. The highest BCUT2D eigenvalue weighted by molar-refractivity contribution is 7.89. The van der Waals surface area contributed by atoms with Gasteiger partial charge in [-0.1, -0.05) is 73.6 Å². The molecule has 1 N–H and O–H groups in total. The monoisotopic (exact) mass is 484 g/mol. The van der Waals surface area contributed by atoms with E-state index in [0.29, 0.717) is 37.4 Å². The molecule has 8 heteroatoms. The topological polar surface area (TPSA) is 88.3 Å². The molecule has 0 aliphatic rings. The number of aryl methyl sites for hydroxylation is 2. The molecule has 0 bridgehead atoms. The first-order valence-electron chi connectivity index (χ1n) is 12.0. The number of aromatic nitrogens is 2. The van der Waals surface area contributed by atoms with Gasteiger partial charge in [0.1, 0.15) is 6.04 Å². The summed E-state index contributed by atoms with van der Waals surface area (Å²) < 4.78 is 34.2. The number of sulfonamides is 1. The summed E-state index contributed by atoms with van der Waals surface area (Å²) in [5.74, 6) is 0.928. The van der Waals surface area contributed by atoms with Gasteiger partial charge < -0.3 is 9.42 Å². The van der Waals surface area contributed by atoms with Crippen LogP contribution in [-0.4, -0.2) is 48.8 Å². The highest BCUT2D eigenvalue weighted by Gasteiger charge is 2.25. The van der Waals surface area contributed by atoms with Gasteiger partial charge in [-0.25, -0.2) is 13.1 Å². The van der Waals surface area contributed by atoms with Crippen molar-refractivity contribution in [3.05, 3.63) is 83.0 Å². The second-order valence-electron chi connectivity index (χ2n) is 8.55. The molecule has 0 unspecified atom stereocenters. The minimum absolute atomic E-state index is 0.0650. The average molecular weight is 485 g/mol. The Bertz CT molecular complexity index is 1110. The molecule has 1 heterocycles. The molecule has 0 fully saturated rings. The van der Waals surface area contributed by atoms with E-state index in [0.717, 1.165) is 36.3 Å². The van der Waals surface area contributed by atoms with Crippen LogP contribution in [0.15, 0.2) is 59.1 Å². The van der Waals surface area contributed by atoms with Crippen LogP contribution in [-0.2, 0) is 22.9 Å². The minimum atomic E-state index is -3.51. The zero-order valence-electron chi connectivity index (χ0n) is 20.4. The van der Waals surface area contributed by atoms with Crippen LogP contribution in [0.3, 0.4) is 0 Å². The van der Waals surface area contributed by atoms with Crippen molar-refractivity contribution in [2.45, 2.75) is 52.5 Å². The maximum absolute atomic E-state index is 12.9. The van der Waals surface area contributed by atoms with Gasteiger partial charge in [-0.2, -0.15) is 4.98 Å². The highest BCUT2D eigenvalue weighted by Crippen LogP contribution is 2.21. The van der Waals surface area contributed by atoms with E-state index in [1.54, 1.807) is 0 Å². The second-order valence-corrected chi connectivity index (χ2v) is 10.4. The molecule has 3 rings (SSSR count). The van der Waals surface area contributed by atoms with E-state index >= 15 is 0 Å². The number of hydrogen-bond acceptors (Lipinski definition) is 6. The Labute approximate surface area is 203 Å². The highest BCUT2D eigenvalue weighted by atomic mass is 32.2. The third-order valence-electron chi connectivity index (χ3n) is 6.06. The lowest BCUT2D eigenvalue weighted by Gasteiger charge is -2.19. The van der Waals surface area contributed by atoms with Crippen LogP contribution >= 0.6 is 0 Å². The Morgan fingerprint density at radius 3 is 2.44 bits per heavy atom.